The van der Waals surface area contributed by atoms with Gasteiger partial charge in [0, 0.05) is 39.4 Å². The minimum Gasteiger partial charge on any atom is -0.385 e. The summed E-state index contributed by atoms with van der Waals surface area (Å²) >= 11 is 0. The first-order valence-electron chi connectivity index (χ1n) is 6.35. The van der Waals surface area contributed by atoms with Crippen molar-refractivity contribution in [3.05, 3.63) is 0 Å². The molecule has 0 bridgehead atoms. The Bertz CT molecular complexity index is 265. The van der Waals surface area contributed by atoms with Gasteiger partial charge in [-0.1, -0.05) is 0 Å². The lowest BCUT2D eigenvalue weighted by Crippen LogP contribution is -2.41. The van der Waals surface area contributed by atoms with Crippen molar-refractivity contribution >= 4 is 11.8 Å². The molecule has 1 aliphatic heterocycles. The van der Waals surface area contributed by atoms with Gasteiger partial charge in [0.25, 0.3) is 0 Å². The molecule has 0 radical (unpaired) electrons. The molecule has 0 atom stereocenters. The molecule has 0 spiro atoms. The fourth-order valence-electron chi connectivity index (χ4n) is 1.78. The maximum Gasteiger partial charge on any atom is 0.239 e. The van der Waals surface area contributed by atoms with Gasteiger partial charge in [-0.05, 0) is 19.3 Å². The van der Waals surface area contributed by atoms with E-state index >= 15 is 0 Å². The zero-order chi connectivity index (χ0) is 13.2. The van der Waals surface area contributed by atoms with Gasteiger partial charge in [0.1, 0.15) is 0 Å². The minimum atomic E-state index is -0.161. The van der Waals surface area contributed by atoms with Crippen LogP contribution in [0.4, 0.5) is 0 Å². The Hall–Kier alpha value is -1.14. The molecule has 6 nitrogen and oxygen atoms in total. The normalized spacial score (nSPS) is 16.3. The molecule has 1 rings (SSSR count). The third-order valence-corrected chi connectivity index (χ3v) is 2.86. The minimum absolute atomic E-state index is 0.0139. The highest BCUT2D eigenvalue weighted by molar-refractivity contribution is 5.85. The Morgan fingerprint density at radius 2 is 2.00 bits per heavy atom. The highest BCUT2D eigenvalue weighted by atomic mass is 16.5. The number of carbonyl (C=O) groups is 2. The largest absolute Gasteiger partial charge is 0.385 e. The van der Waals surface area contributed by atoms with Crippen molar-refractivity contribution in [1.82, 2.24) is 10.6 Å². The molecule has 0 saturated carbocycles. The molecule has 2 amide bonds. The monoisotopic (exact) mass is 258 g/mol. The van der Waals surface area contributed by atoms with Gasteiger partial charge in [-0.15, -0.1) is 0 Å². The van der Waals surface area contributed by atoms with Crippen LogP contribution >= 0.6 is 0 Å². The van der Waals surface area contributed by atoms with Crippen LogP contribution in [0.25, 0.3) is 0 Å². The van der Waals surface area contributed by atoms with Gasteiger partial charge in [-0.25, -0.2) is 0 Å². The number of nitrogens with one attached hydrogen (secondary N) is 2. The van der Waals surface area contributed by atoms with E-state index in [1.807, 2.05) is 0 Å². The van der Waals surface area contributed by atoms with Crippen molar-refractivity contribution in [3.63, 3.8) is 0 Å². The molecule has 18 heavy (non-hydrogen) atoms. The highest BCUT2D eigenvalue weighted by Crippen LogP contribution is 2.14. The Balaban J connectivity index is 2.07. The molecule has 0 unspecified atom stereocenters. The van der Waals surface area contributed by atoms with Crippen LogP contribution in [0.15, 0.2) is 0 Å². The first kappa shape index (κ1) is 14.9. The lowest BCUT2D eigenvalue weighted by Gasteiger charge is -2.21. The molecule has 1 fully saturated rings. The predicted octanol–water partition coefficient (Wildman–Crippen LogP) is -0.318. The highest BCUT2D eigenvalue weighted by Gasteiger charge is 2.21. The van der Waals surface area contributed by atoms with Crippen LogP contribution in [-0.4, -0.2) is 51.8 Å². The standard InChI is InChI=1S/C12H22N2O4/c1-17-6-2-5-13-11(15)9-14-12(16)10-3-7-18-8-4-10/h10H,2-9H2,1H3,(H,13,15)(H,14,16). The average Bonchev–Trinajstić information content (AvgIpc) is 2.42. The molecule has 6 heteroatoms. The van der Waals surface area contributed by atoms with Crippen molar-refractivity contribution < 1.29 is 19.1 Å². The number of rotatable bonds is 7. The summed E-state index contributed by atoms with van der Waals surface area (Å²) < 4.78 is 10.0. The second-order valence-corrected chi connectivity index (χ2v) is 4.30. The summed E-state index contributed by atoms with van der Waals surface area (Å²) in [4.78, 5) is 23.1. The van der Waals surface area contributed by atoms with Crippen LogP contribution in [0.1, 0.15) is 19.3 Å². The van der Waals surface area contributed by atoms with E-state index in [1.165, 1.54) is 0 Å². The Morgan fingerprint density at radius 3 is 2.67 bits per heavy atom. The van der Waals surface area contributed by atoms with E-state index in [9.17, 15) is 9.59 Å². The summed E-state index contributed by atoms with van der Waals surface area (Å²) in [6.45, 7) is 2.49. The van der Waals surface area contributed by atoms with Crippen molar-refractivity contribution in [1.29, 1.82) is 0 Å². The van der Waals surface area contributed by atoms with Crippen LogP contribution in [0.3, 0.4) is 0 Å². The number of methoxy groups -OCH3 is 1. The first-order chi connectivity index (χ1) is 8.74. The number of carbonyl (C=O) groups excluding carboxylic acids is 2. The molecule has 0 aromatic heterocycles. The van der Waals surface area contributed by atoms with Crippen molar-refractivity contribution in [2.75, 3.05) is 40.0 Å². The summed E-state index contributed by atoms with van der Waals surface area (Å²) in [5.74, 6) is -0.225. The molecule has 0 aromatic carbocycles. The fraction of sp³-hybridized carbons (Fsp3) is 0.833. The van der Waals surface area contributed by atoms with Gasteiger partial charge in [0.2, 0.25) is 11.8 Å². The lowest BCUT2D eigenvalue weighted by atomic mass is 9.99. The molecule has 0 aliphatic carbocycles. The van der Waals surface area contributed by atoms with Gasteiger partial charge in [-0.2, -0.15) is 0 Å². The number of ether oxygens (including phenoxy) is 2. The van der Waals surface area contributed by atoms with E-state index < -0.39 is 0 Å². The maximum absolute atomic E-state index is 11.7. The molecule has 1 saturated heterocycles. The van der Waals surface area contributed by atoms with Crippen molar-refractivity contribution in [2.24, 2.45) is 5.92 Å². The van der Waals surface area contributed by atoms with Crippen LogP contribution < -0.4 is 10.6 Å². The van der Waals surface area contributed by atoms with Gasteiger partial charge < -0.3 is 20.1 Å². The molecule has 0 aromatic rings. The second-order valence-electron chi connectivity index (χ2n) is 4.30. The molecule has 104 valence electrons. The quantitative estimate of drug-likeness (QED) is 0.614. The van der Waals surface area contributed by atoms with E-state index in [1.54, 1.807) is 7.11 Å². The molecular weight excluding hydrogens is 236 g/mol. The van der Waals surface area contributed by atoms with Gasteiger partial charge in [0.05, 0.1) is 6.54 Å². The molecule has 2 N–H and O–H groups in total. The van der Waals surface area contributed by atoms with E-state index in [0.717, 1.165) is 19.3 Å². The van der Waals surface area contributed by atoms with Crippen molar-refractivity contribution in [3.8, 4) is 0 Å². The van der Waals surface area contributed by atoms with Crippen LogP contribution in [-0.2, 0) is 19.1 Å². The van der Waals surface area contributed by atoms with Gasteiger partial charge in [-0.3, -0.25) is 9.59 Å². The lowest BCUT2D eigenvalue weighted by molar-refractivity contribution is -0.130. The average molecular weight is 258 g/mol. The number of hydrogen-bond donors (Lipinski definition) is 2. The van der Waals surface area contributed by atoms with Crippen LogP contribution in [0, 0.1) is 5.92 Å². The SMILES string of the molecule is COCCCNC(=O)CNC(=O)C1CCOCC1. The topological polar surface area (TPSA) is 76.7 Å². The number of hydrogen-bond acceptors (Lipinski definition) is 4. The zero-order valence-electron chi connectivity index (χ0n) is 10.9. The first-order valence-corrected chi connectivity index (χ1v) is 6.35. The summed E-state index contributed by atoms with van der Waals surface area (Å²) in [5, 5.41) is 5.37. The summed E-state index contributed by atoms with van der Waals surface area (Å²) in [5.41, 5.74) is 0. The summed E-state index contributed by atoms with van der Waals surface area (Å²) in [6, 6.07) is 0. The Kier molecular flexibility index (Phi) is 7.36. The van der Waals surface area contributed by atoms with E-state index in [-0.39, 0.29) is 24.3 Å². The Morgan fingerprint density at radius 1 is 1.28 bits per heavy atom. The maximum atomic E-state index is 11.7. The van der Waals surface area contributed by atoms with E-state index in [2.05, 4.69) is 10.6 Å². The van der Waals surface area contributed by atoms with Crippen molar-refractivity contribution in [2.45, 2.75) is 19.3 Å². The van der Waals surface area contributed by atoms with Crippen LogP contribution in [0.2, 0.25) is 0 Å². The zero-order valence-corrected chi connectivity index (χ0v) is 10.9. The fourth-order valence-corrected chi connectivity index (χ4v) is 1.78. The summed E-state index contributed by atoms with van der Waals surface area (Å²) in [7, 11) is 1.62. The van der Waals surface area contributed by atoms with Gasteiger partial charge in [0.15, 0.2) is 0 Å². The van der Waals surface area contributed by atoms with Gasteiger partial charge >= 0.3 is 0 Å². The third-order valence-electron chi connectivity index (χ3n) is 2.86. The second kappa shape index (κ2) is 8.88. The van der Waals surface area contributed by atoms with E-state index in [0.29, 0.717) is 26.4 Å². The summed E-state index contributed by atoms with van der Waals surface area (Å²) in [6.07, 6.45) is 2.25. The molecule has 1 aliphatic rings. The predicted molar refractivity (Wildman–Crippen MR) is 66.1 cm³/mol. The molecular formula is C12H22N2O4. The smallest absolute Gasteiger partial charge is 0.239 e. The number of amides is 2. The van der Waals surface area contributed by atoms with E-state index in [4.69, 9.17) is 9.47 Å². The van der Waals surface area contributed by atoms with Crippen LogP contribution in [0.5, 0.6) is 0 Å². The Labute approximate surface area is 107 Å². The molecule has 1 heterocycles. The third kappa shape index (κ3) is 5.97.